The monoisotopic (exact) mass is 394 g/mol. The van der Waals surface area contributed by atoms with Gasteiger partial charge in [-0.15, -0.1) is 0 Å². The maximum absolute atomic E-state index is 2.31. The molecule has 2 heteroatoms. The third-order valence-electron chi connectivity index (χ3n) is 2.65. The van der Waals surface area contributed by atoms with Gasteiger partial charge < -0.3 is 0 Å². The van der Waals surface area contributed by atoms with Crippen LogP contribution in [0.5, 0.6) is 0 Å². The minimum atomic E-state index is 0.568. The summed E-state index contributed by atoms with van der Waals surface area (Å²) in [6.45, 7) is 0. The molecule has 0 saturated heterocycles. The number of hydrogen-bond acceptors (Lipinski definition) is 0. The molecule has 0 amide bonds. The Balaban J connectivity index is 1.60. The van der Waals surface area contributed by atoms with Crippen molar-refractivity contribution in [2.75, 3.05) is 0 Å². The Hall–Kier alpha value is -1.04. The van der Waals surface area contributed by atoms with E-state index in [0.717, 1.165) is 0 Å². The van der Waals surface area contributed by atoms with Gasteiger partial charge in [0.2, 0.25) is 0 Å². The van der Waals surface area contributed by atoms with Gasteiger partial charge in [0, 0.05) is 0 Å². The van der Waals surface area contributed by atoms with Gasteiger partial charge in [-0.1, -0.05) is 0 Å². The van der Waals surface area contributed by atoms with Crippen LogP contribution in [0.2, 0.25) is 0 Å². The molecule has 2 rings (SSSR count). The Morgan fingerprint density at radius 1 is 0.600 bits per heavy atom. The second-order valence-electron chi connectivity index (χ2n) is 4.25. The summed E-state index contributed by atoms with van der Waals surface area (Å²) in [7, 11) is 0. The normalized spacial score (nSPS) is 11.4. The van der Waals surface area contributed by atoms with E-state index in [0.29, 0.717) is 29.9 Å². The standard InChI is InChI=1S/C18H18Se2/c1-3-9-17(10-4-1)15-19-13-7-8-14-20-16-18-11-5-2-6-12-18/h1-14H,15-16H2. The predicted molar refractivity (Wildman–Crippen MR) is 90.1 cm³/mol. The zero-order valence-corrected chi connectivity index (χ0v) is 14.7. The molecule has 0 spiro atoms. The van der Waals surface area contributed by atoms with Crippen molar-refractivity contribution >= 4 is 29.9 Å². The summed E-state index contributed by atoms with van der Waals surface area (Å²) in [4.78, 5) is 4.63. The van der Waals surface area contributed by atoms with Gasteiger partial charge in [0.25, 0.3) is 0 Å². The van der Waals surface area contributed by atoms with Crippen molar-refractivity contribution in [1.29, 1.82) is 0 Å². The second kappa shape index (κ2) is 9.80. The molecule has 0 aliphatic rings. The van der Waals surface area contributed by atoms with Gasteiger partial charge in [-0.3, -0.25) is 0 Å². The van der Waals surface area contributed by atoms with Crippen molar-refractivity contribution in [3.8, 4) is 0 Å². The molecule has 0 aliphatic heterocycles. The van der Waals surface area contributed by atoms with Gasteiger partial charge in [-0.2, -0.15) is 0 Å². The van der Waals surface area contributed by atoms with Crippen LogP contribution in [0.3, 0.4) is 0 Å². The van der Waals surface area contributed by atoms with Crippen LogP contribution < -0.4 is 0 Å². The summed E-state index contributed by atoms with van der Waals surface area (Å²) in [6, 6.07) is 21.4. The third-order valence-corrected chi connectivity index (χ3v) is 6.21. The van der Waals surface area contributed by atoms with Crippen molar-refractivity contribution in [2.24, 2.45) is 0 Å². The molecule has 0 heterocycles. The van der Waals surface area contributed by atoms with Gasteiger partial charge in [-0.05, 0) is 0 Å². The van der Waals surface area contributed by atoms with E-state index in [1.54, 1.807) is 0 Å². The summed E-state index contributed by atoms with van der Waals surface area (Å²) >= 11 is 1.14. The minimum absolute atomic E-state index is 0.568. The summed E-state index contributed by atoms with van der Waals surface area (Å²) in [6.07, 6.45) is 4.41. The average Bonchev–Trinajstić information content (AvgIpc) is 2.52. The van der Waals surface area contributed by atoms with Crippen LogP contribution in [-0.2, 0) is 10.6 Å². The van der Waals surface area contributed by atoms with Gasteiger partial charge in [0.1, 0.15) is 0 Å². The van der Waals surface area contributed by atoms with Crippen LogP contribution in [0.25, 0.3) is 0 Å². The Labute approximate surface area is 134 Å². The first-order chi connectivity index (χ1) is 9.95. The van der Waals surface area contributed by atoms with Gasteiger partial charge in [0.15, 0.2) is 0 Å². The van der Waals surface area contributed by atoms with Gasteiger partial charge in [0.05, 0.1) is 0 Å². The molecule has 0 N–H and O–H groups in total. The van der Waals surface area contributed by atoms with Crippen LogP contribution >= 0.6 is 0 Å². The van der Waals surface area contributed by atoms with Crippen molar-refractivity contribution in [2.45, 2.75) is 10.6 Å². The van der Waals surface area contributed by atoms with E-state index in [1.165, 1.54) is 21.8 Å². The number of hydrogen-bond donors (Lipinski definition) is 0. The molecule has 0 atom stereocenters. The van der Waals surface area contributed by atoms with Crippen LogP contribution in [-0.4, -0.2) is 29.9 Å². The molecule has 0 saturated carbocycles. The molecule has 0 unspecified atom stereocenters. The van der Waals surface area contributed by atoms with Crippen LogP contribution in [0.1, 0.15) is 11.1 Å². The average molecular weight is 392 g/mol. The van der Waals surface area contributed by atoms with E-state index in [-0.39, 0.29) is 0 Å². The Morgan fingerprint density at radius 3 is 1.40 bits per heavy atom. The first-order valence-electron chi connectivity index (χ1n) is 6.58. The topological polar surface area (TPSA) is 0 Å². The fourth-order valence-corrected chi connectivity index (χ4v) is 4.50. The Bertz CT molecular complexity index is 478. The van der Waals surface area contributed by atoms with Crippen LogP contribution in [0, 0.1) is 0 Å². The molecule has 0 aromatic heterocycles. The summed E-state index contributed by atoms with van der Waals surface area (Å²) < 4.78 is 0. The second-order valence-corrected chi connectivity index (χ2v) is 8.00. The van der Waals surface area contributed by atoms with Crippen molar-refractivity contribution in [1.82, 2.24) is 0 Å². The molecule has 0 radical (unpaired) electrons. The van der Waals surface area contributed by atoms with Crippen LogP contribution in [0.4, 0.5) is 0 Å². The Kier molecular flexibility index (Phi) is 7.52. The molecular weight excluding hydrogens is 374 g/mol. The predicted octanol–water partition coefficient (Wildman–Crippen LogP) is 3.82. The number of allylic oxidation sites excluding steroid dienone is 2. The van der Waals surface area contributed by atoms with Crippen molar-refractivity contribution in [3.05, 3.63) is 93.9 Å². The molecule has 0 fully saturated rings. The molecule has 0 bridgehead atoms. The zero-order valence-electron chi connectivity index (χ0n) is 11.3. The molecule has 102 valence electrons. The van der Waals surface area contributed by atoms with E-state index in [9.17, 15) is 0 Å². The third kappa shape index (κ3) is 6.41. The van der Waals surface area contributed by atoms with Gasteiger partial charge in [-0.25, -0.2) is 0 Å². The van der Waals surface area contributed by atoms with E-state index in [4.69, 9.17) is 0 Å². The van der Waals surface area contributed by atoms with E-state index in [1.807, 2.05) is 0 Å². The van der Waals surface area contributed by atoms with E-state index >= 15 is 0 Å². The summed E-state index contributed by atoms with van der Waals surface area (Å²) in [5.41, 5.74) is 2.88. The fourth-order valence-electron chi connectivity index (χ4n) is 1.64. The quantitative estimate of drug-likeness (QED) is 0.497. The summed E-state index contributed by atoms with van der Waals surface area (Å²) in [5, 5.41) is 2.38. The first-order valence-corrected chi connectivity index (χ1v) is 11.0. The fraction of sp³-hybridized carbons (Fsp3) is 0.111. The first kappa shape index (κ1) is 15.3. The number of rotatable bonds is 7. The molecular formula is C18H18Se2. The van der Waals surface area contributed by atoms with E-state index < -0.39 is 0 Å². The van der Waals surface area contributed by atoms with Crippen LogP contribution in [0.15, 0.2) is 82.8 Å². The molecule has 2 aromatic rings. The SMILES string of the molecule is C(C=C[Se]Cc1ccccc1)=C[Se]Cc1ccccc1. The Morgan fingerprint density at radius 2 is 1.00 bits per heavy atom. The zero-order chi connectivity index (χ0) is 13.9. The maximum atomic E-state index is 2.31. The molecule has 0 aliphatic carbocycles. The molecule has 0 nitrogen and oxygen atoms in total. The van der Waals surface area contributed by atoms with Crippen molar-refractivity contribution in [3.63, 3.8) is 0 Å². The molecule has 2 aromatic carbocycles. The number of benzene rings is 2. The summed E-state index contributed by atoms with van der Waals surface area (Å²) in [5.74, 6) is 0. The van der Waals surface area contributed by atoms with Gasteiger partial charge >= 0.3 is 134 Å². The van der Waals surface area contributed by atoms with Crippen molar-refractivity contribution < 1.29 is 0 Å². The molecule has 20 heavy (non-hydrogen) atoms. The van der Waals surface area contributed by atoms with E-state index in [2.05, 4.69) is 82.8 Å².